The number of anilines is 1. The molecule has 0 bridgehead atoms. The second-order valence-electron chi connectivity index (χ2n) is 4.49. The van der Waals surface area contributed by atoms with E-state index in [0.717, 1.165) is 31.5 Å². The minimum Gasteiger partial charge on any atom is -0.334 e. The number of nitrogens with one attached hydrogen (secondary N) is 1. The zero-order valence-corrected chi connectivity index (χ0v) is 13.2. The third-order valence-electron chi connectivity index (χ3n) is 2.86. The van der Waals surface area contributed by atoms with Gasteiger partial charge in [-0.15, -0.1) is 0 Å². The molecule has 2 nitrogen and oxygen atoms in total. The summed E-state index contributed by atoms with van der Waals surface area (Å²) in [6.45, 7) is 2.83. The number of benzene rings is 1. The largest absolute Gasteiger partial charge is 0.416 e. The Bertz CT molecular complexity index is 517. The third kappa shape index (κ3) is 3.91. The number of rotatable bonds is 3. The van der Waals surface area contributed by atoms with Crippen LogP contribution in [-0.4, -0.2) is 17.0 Å². The molecule has 1 aromatic rings. The van der Waals surface area contributed by atoms with Gasteiger partial charge in [-0.3, -0.25) is 4.99 Å². The quantitative estimate of drug-likeness (QED) is 0.799. The Morgan fingerprint density at radius 1 is 1.45 bits per heavy atom. The molecule has 0 aromatic heterocycles. The molecule has 1 N–H and O–H groups in total. The Morgan fingerprint density at radius 3 is 2.85 bits per heavy atom. The second kappa shape index (κ2) is 6.39. The highest BCUT2D eigenvalue weighted by atomic mass is 79.9. The molecule has 1 aliphatic heterocycles. The summed E-state index contributed by atoms with van der Waals surface area (Å²) in [7, 11) is 0. The van der Waals surface area contributed by atoms with Crippen molar-refractivity contribution in [3.05, 3.63) is 28.2 Å². The Kier molecular flexibility index (Phi) is 5.01. The lowest BCUT2D eigenvalue weighted by Gasteiger charge is -2.12. The highest BCUT2D eigenvalue weighted by molar-refractivity contribution is 9.10. The molecular weight excluding hydrogens is 353 g/mol. The van der Waals surface area contributed by atoms with Crippen LogP contribution in [0.1, 0.15) is 25.3 Å². The van der Waals surface area contributed by atoms with E-state index in [1.165, 1.54) is 6.07 Å². The highest BCUT2D eigenvalue weighted by Crippen LogP contribution is 2.35. The first-order valence-electron chi connectivity index (χ1n) is 6.25. The maximum Gasteiger partial charge on any atom is 0.416 e. The van der Waals surface area contributed by atoms with Gasteiger partial charge in [0, 0.05) is 9.72 Å². The van der Waals surface area contributed by atoms with Gasteiger partial charge in [0.25, 0.3) is 0 Å². The molecule has 1 unspecified atom stereocenters. The number of aliphatic imine (C=N–C) groups is 1. The van der Waals surface area contributed by atoms with E-state index in [1.807, 2.05) is 0 Å². The van der Waals surface area contributed by atoms with Gasteiger partial charge in [-0.05, 0) is 40.5 Å². The molecule has 0 amide bonds. The maximum absolute atomic E-state index is 12.7. The van der Waals surface area contributed by atoms with Gasteiger partial charge in [0.15, 0.2) is 5.17 Å². The van der Waals surface area contributed by atoms with E-state index < -0.39 is 11.7 Å². The molecule has 110 valence electrons. The van der Waals surface area contributed by atoms with Crippen LogP contribution < -0.4 is 5.32 Å². The lowest BCUT2D eigenvalue weighted by atomic mass is 10.2. The average Bonchev–Trinajstić information content (AvgIpc) is 2.78. The van der Waals surface area contributed by atoms with Gasteiger partial charge in [-0.25, -0.2) is 0 Å². The van der Waals surface area contributed by atoms with Crippen LogP contribution in [0.2, 0.25) is 0 Å². The minimum atomic E-state index is -4.34. The van der Waals surface area contributed by atoms with E-state index in [4.69, 9.17) is 0 Å². The van der Waals surface area contributed by atoms with Gasteiger partial charge in [-0.2, -0.15) is 13.2 Å². The van der Waals surface area contributed by atoms with E-state index in [9.17, 15) is 13.2 Å². The summed E-state index contributed by atoms with van der Waals surface area (Å²) in [6, 6.07) is 3.55. The number of amidine groups is 1. The van der Waals surface area contributed by atoms with Crippen molar-refractivity contribution in [2.45, 2.75) is 31.2 Å². The van der Waals surface area contributed by atoms with Crippen LogP contribution in [0.3, 0.4) is 0 Å². The fourth-order valence-corrected chi connectivity index (χ4v) is 3.35. The predicted molar refractivity (Wildman–Crippen MR) is 81.4 cm³/mol. The number of nitrogens with zero attached hydrogens (tertiary/aromatic N) is 1. The first-order valence-corrected chi connectivity index (χ1v) is 7.92. The molecule has 0 spiro atoms. The van der Waals surface area contributed by atoms with Gasteiger partial charge in [0.05, 0.1) is 17.8 Å². The summed E-state index contributed by atoms with van der Waals surface area (Å²) in [4.78, 5) is 4.33. The smallest absolute Gasteiger partial charge is 0.334 e. The normalized spacial score (nSPS) is 19.1. The monoisotopic (exact) mass is 366 g/mol. The van der Waals surface area contributed by atoms with E-state index in [-0.39, 0.29) is 0 Å². The molecule has 20 heavy (non-hydrogen) atoms. The first kappa shape index (κ1) is 15.7. The van der Waals surface area contributed by atoms with Crippen LogP contribution in [0.4, 0.5) is 18.9 Å². The molecule has 1 aliphatic rings. The van der Waals surface area contributed by atoms with Crippen molar-refractivity contribution in [2.24, 2.45) is 4.99 Å². The van der Waals surface area contributed by atoms with Gasteiger partial charge in [0.2, 0.25) is 0 Å². The molecule has 0 fully saturated rings. The molecule has 1 aromatic carbocycles. The molecule has 0 saturated carbocycles. The predicted octanol–water partition coefficient (Wildman–Crippen LogP) is 5.15. The zero-order chi connectivity index (χ0) is 14.8. The van der Waals surface area contributed by atoms with E-state index in [0.29, 0.717) is 20.6 Å². The molecule has 0 aliphatic carbocycles. The molecule has 7 heteroatoms. The number of alkyl halides is 3. The number of hydrogen-bond acceptors (Lipinski definition) is 3. The minimum absolute atomic E-state index is 0.392. The summed E-state index contributed by atoms with van der Waals surface area (Å²) in [5.74, 6) is 0. The molecule has 1 heterocycles. The molecule has 0 radical (unpaired) electrons. The standard InChI is InChI=1S/C13H14BrF3N2S/c1-2-3-9-7-18-12(20-9)19-11-6-8(13(15,16)17)4-5-10(11)14/h4-6,9H,2-3,7H2,1H3,(H,18,19). The Balaban J connectivity index is 2.10. The van der Waals surface area contributed by atoms with Crippen LogP contribution in [0.15, 0.2) is 27.7 Å². The Morgan fingerprint density at radius 2 is 2.20 bits per heavy atom. The van der Waals surface area contributed by atoms with Gasteiger partial charge in [0.1, 0.15) is 0 Å². The lowest BCUT2D eigenvalue weighted by Crippen LogP contribution is -2.10. The summed E-state index contributed by atoms with van der Waals surface area (Å²) >= 11 is 4.85. The summed E-state index contributed by atoms with van der Waals surface area (Å²) in [6.07, 6.45) is -2.21. The van der Waals surface area contributed by atoms with Crippen LogP contribution in [-0.2, 0) is 6.18 Å². The fourth-order valence-electron chi connectivity index (χ4n) is 1.87. The van der Waals surface area contributed by atoms with Crippen molar-refractivity contribution >= 4 is 38.5 Å². The Hall–Kier alpha value is -0.690. The van der Waals surface area contributed by atoms with Crippen LogP contribution in [0.5, 0.6) is 0 Å². The molecular formula is C13H14BrF3N2S. The first-order chi connectivity index (χ1) is 9.40. The maximum atomic E-state index is 12.7. The molecule has 0 saturated heterocycles. The van der Waals surface area contributed by atoms with Crippen LogP contribution >= 0.6 is 27.7 Å². The van der Waals surface area contributed by atoms with Crippen LogP contribution in [0, 0.1) is 0 Å². The van der Waals surface area contributed by atoms with Gasteiger partial charge >= 0.3 is 6.18 Å². The van der Waals surface area contributed by atoms with E-state index in [2.05, 4.69) is 33.2 Å². The highest BCUT2D eigenvalue weighted by Gasteiger charge is 2.31. The van der Waals surface area contributed by atoms with Gasteiger partial charge < -0.3 is 5.32 Å². The number of thioether (sulfide) groups is 1. The summed E-state index contributed by atoms with van der Waals surface area (Å²) in [5.41, 5.74) is -0.278. The summed E-state index contributed by atoms with van der Waals surface area (Å²) < 4.78 is 38.7. The van der Waals surface area contributed by atoms with Crippen molar-refractivity contribution in [1.29, 1.82) is 0 Å². The van der Waals surface area contributed by atoms with Crippen molar-refractivity contribution in [2.75, 3.05) is 11.9 Å². The summed E-state index contributed by atoms with van der Waals surface area (Å²) in [5, 5.41) is 4.08. The Labute approximate surface area is 128 Å². The number of halogens is 4. The van der Waals surface area contributed by atoms with Crippen molar-refractivity contribution in [1.82, 2.24) is 0 Å². The lowest BCUT2D eigenvalue weighted by molar-refractivity contribution is -0.137. The molecule has 2 rings (SSSR count). The zero-order valence-electron chi connectivity index (χ0n) is 10.8. The van der Waals surface area contributed by atoms with Crippen molar-refractivity contribution < 1.29 is 13.2 Å². The van der Waals surface area contributed by atoms with Crippen molar-refractivity contribution in [3.63, 3.8) is 0 Å². The fraction of sp³-hybridized carbons (Fsp3) is 0.462. The SMILES string of the molecule is CCCC1CN=C(Nc2cc(C(F)(F)F)ccc2Br)S1. The third-order valence-corrected chi connectivity index (χ3v) is 4.73. The second-order valence-corrected chi connectivity index (χ2v) is 6.64. The average molecular weight is 367 g/mol. The number of hydrogen-bond donors (Lipinski definition) is 1. The van der Waals surface area contributed by atoms with Crippen LogP contribution in [0.25, 0.3) is 0 Å². The van der Waals surface area contributed by atoms with E-state index in [1.54, 1.807) is 11.8 Å². The van der Waals surface area contributed by atoms with E-state index >= 15 is 0 Å². The van der Waals surface area contributed by atoms with Gasteiger partial charge in [-0.1, -0.05) is 25.1 Å². The molecule has 1 atom stereocenters. The topological polar surface area (TPSA) is 24.4 Å². The van der Waals surface area contributed by atoms with Crippen molar-refractivity contribution in [3.8, 4) is 0 Å².